The van der Waals surface area contributed by atoms with Gasteiger partial charge in [0.25, 0.3) is 0 Å². The number of rotatable bonds is 4. The first-order chi connectivity index (χ1) is 9.74. The maximum Gasteiger partial charge on any atom is 0.335 e. The van der Waals surface area contributed by atoms with Crippen molar-refractivity contribution in [1.82, 2.24) is 19.8 Å². The number of carboxylic acids is 1. The highest BCUT2D eigenvalue weighted by Gasteiger charge is 2.05. The molecule has 0 unspecified atom stereocenters. The van der Waals surface area contributed by atoms with Crippen LogP contribution in [0, 0.1) is 0 Å². The maximum atomic E-state index is 10.8. The van der Waals surface area contributed by atoms with Crippen LogP contribution in [0.15, 0.2) is 42.7 Å². The van der Waals surface area contributed by atoms with Crippen LogP contribution in [0.2, 0.25) is 0 Å². The van der Waals surface area contributed by atoms with Gasteiger partial charge in [-0.2, -0.15) is 4.52 Å². The molecule has 0 saturated carbocycles. The Hall–Kier alpha value is -2.76. The van der Waals surface area contributed by atoms with Crippen LogP contribution in [0.25, 0.3) is 5.65 Å². The molecule has 1 N–H and O–H groups in total. The van der Waals surface area contributed by atoms with Gasteiger partial charge in [-0.15, -0.1) is 5.10 Å². The van der Waals surface area contributed by atoms with Crippen molar-refractivity contribution in [3.05, 3.63) is 59.5 Å². The Balaban J connectivity index is 1.76. The lowest BCUT2D eigenvalue weighted by atomic mass is 10.1. The summed E-state index contributed by atoms with van der Waals surface area (Å²) in [5.41, 5.74) is 3.13. The normalized spacial score (nSPS) is 10.8. The number of benzene rings is 1. The summed E-state index contributed by atoms with van der Waals surface area (Å²) in [4.78, 5) is 14.9. The summed E-state index contributed by atoms with van der Waals surface area (Å²) in [6, 6.07) is 8.82. The Morgan fingerprint density at radius 1 is 1.15 bits per heavy atom. The highest BCUT2D eigenvalue weighted by molar-refractivity contribution is 5.87. The Labute approximate surface area is 114 Å². The van der Waals surface area contributed by atoms with Crippen LogP contribution in [-0.4, -0.2) is 30.9 Å². The van der Waals surface area contributed by atoms with E-state index in [0.29, 0.717) is 5.56 Å². The summed E-state index contributed by atoms with van der Waals surface area (Å²) in [7, 11) is 0. The van der Waals surface area contributed by atoms with Gasteiger partial charge in [-0.05, 0) is 36.6 Å². The number of fused-ring (bicyclic) bond motifs is 1. The molecule has 2 heterocycles. The Morgan fingerprint density at radius 3 is 2.70 bits per heavy atom. The first-order valence-corrected chi connectivity index (χ1v) is 6.20. The highest BCUT2D eigenvalue weighted by Crippen LogP contribution is 2.09. The molecule has 6 nitrogen and oxygen atoms in total. The topological polar surface area (TPSA) is 80.4 Å². The van der Waals surface area contributed by atoms with Gasteiger partial charge in [-0.1, -0.05) is 17.3 Å². The second kappa shape index (κ2) is 5.08. The van der Waals surface area contributed by atoms with Gasteiger partial charge in [0.15, 0.2) is 5.65 Å². The predicted molar refractivity (Wildman–Crippen MR) is 71.6 cm³/mol. The SMILES string of the molecule is O=C(O)c1ccc(CCc2ccnc3cnnn23)cc1. The first kappa shape index (κ1) is 12.3. The molecule has 1 aromatic carbocycles. The van der Waals surface area contributed by atoms with E-state index >= 15 is 0 Å². The van der Waals surface area contributed by atoms with Crippen LogP contribution in [0.5, 0.6) is 0 Å². The molecule has 0 aliphatic rings. The third-order valence-corrected chi connectivity index (χ3v) is 3.15. The van der Waals surface area contributed by atoms with Crippen molar-refractivity contribution in [2.24, 2.45) is 0 Å². The number of hydrogen-bond donors (Lipinski definition) is 1. The molecule has 20 heavy (non-hydrogen) atoms. The van der Waals surface area contributed by atoms with Crippen LogP contribution >= 0.6 is 0 Å². The van der Waals surface area contributed by atoms with Crippen molar-refractivity contribution in [2.75, 3.05) is 0 Å². The summed E-state index contributed by atoms with van der Waals surface area (Å²) < 4.78 is 1.71. The summed E-state index contributed by atoms with van der Waals surface area (Å²) >= 11 is 0. The van der Waals surface area contributed by atoms with E-state index in [1.165, 1.54) is 0 Å². The molecule has 0 aliphatic carbocycles. The lowest BCUT2D eigenvalue weighted by Gasteiger charge is -2.04. The number of aromatic carboxylic acids is 1. The standard InChI is InChI=1S/C14H12N4O2/c19-14(20)11-4-1-10(2-5-11)3-6-12-7-8-15-13-9-16-17-18(12)13/h1-2,4-5,7-9H,3,6H2,(H,19,20). The Bertz CT molecular complexity index is 749. The van der Waals surface area contributed by atoms with Crippen molar-refractivity contribution in [3.8, 4) is 0 Å². The second-order valence-electron chi connectivity index (χ2n) is 4.44. The van der Waals surface area contributed by atoms with E-state index in [0.717, 1.165) is 29.7 Å². The molecule has 0 amide bonds. The van der Waals surface area contributed by atoms with Crippen molar-refractivity contribution in [3.63, 3.8) is 0 Å². The van der Waals surface area contributed by atoms with E-state index in [4.69, 9.17) is 5.11 Å². The zero-order valence-corrected chi connectivity index (χ0v) is 10.6. The zero-order valence-electron chi connectivity index (χ0n) is 10.6. The number of carboxylic acid groups (broad SMARTS) is 1. The number of nitrogens with zero attached hydrogens (tertiary/aromatic N) is 4. The van der Waals surface area contributed by atoms with Gasteiger partial charge in [-0.3, -0.25) is 0 Å². The average molecular weight is 268 g/mol. The van der Waals surface area contributed by atoms with Crippen LogP contribution in [0.4, 0.5) is 0 Å². The number of aromatic nitrogens is 4. The van der Waals surface area contributed by atoms with Crippen molar-refractivity contribution in [1.29, 1.82) is 0 Å². The molecule has 6 heteroatoms. The summed E-state index contributed by atoms with van der Waals surface area (Å²) in [5.74, 6) is -0.907. The molecule has 0 saturated heterocycles. The summed E-state index contributed by atoms with van der Waals surface area (Å²) in [5, 5.41) is 16.7. The molecule has 3 aromatic rings. The lowest BCUT2D eigenvalue weighted by molar-refractivity contribution is 0.0697. The minimum absolute atomic E-state index is 0.302. The van der Waals surface area contributed by atoms with Gasteiger partial charge in [0.1, 0.15) is 0 Å². The van der Waals surface area contributed by atoms with E-state index in [1.54, 1.807) is 29.0 Å². The molecule has 0 bridgehead atoms. The van der Waals surface area contributed by atoms with Crippen molar-refractivity contribution < 1.29 is 9.90 Å². The van der Waals surface area contributed by atoms with Gasteiger partial charge >= 0.3 is 5.97 Å². The van der Waals surface area contributed by atoms with E-state index in [9.17, 15) is 4.79 Å². The van der Waals surface area contributed by atoms with E-state index in [1.807, 2.05) is 18.2 Å². The molecule has 3 rings (SSSR count). The monoisotopic (exact) mass is 268 g/mol. The molecule has 0 atom stereocenters. The molecular weight excluding hydrogens is 256 g/mol. The molecule has 0 radical (unpaired) electrons. The second-order valence-corrected chi connectivity index (χ2v) is 4.44. The fraction of sp³-hybridized carbons (Fsp3) is 0.143. The average Bonchev–Trinajstić information content (AvgIpc) is 2.94. The predicted octanol–water partition coefficient (Wildman–Crippen LogP) is 1.61. The van der Waals surface area contributed by atoms with Crippen LogP contribution in [0.3, 0.4) is 0 Å². The largest absolute Gasteiger partial charge is 0.478 e. The zero-order chi connectivity index (χ0) is 13.9. The lowest BCUT2D eigenvalue weighted by Crippen LogP contribution is -2.02. The molecule has 0 aliphatic heterocycles. The van der Waals surface area contributed by atoms with Gasteiger partial charge in [0, 0.05) is 11.9 Å². The Morgan fingerprint density at radius 2 is 1.95 bits per heavy atom. The van der Waals surface area contributed by atoms with Crippen LogP contribution in [0.1, 0.15) is 21.6 Å². The van der Waals surface area contributed by atoms with Gasteiger partial charge in [-0.25, -0.2) is 9.78 Å². The summed E-state index contributed by atoms with van der Waals surface area (Å²) in [6.45, 7) is 0. The maximum absolute atomic E-state index is 10.8. The van der Waals surface area contributed by atoms with E-state index in [-0.39, 0.29) is 0 Å². The third-order valence-electron chi connectivity index (χ3n) is 3.15. The van der Waals surface area contributed by atoms with E-state index < -0.39 is 5.97 Å². The van der Waals surface area contributed by atoms with Gasteiger partial charge in [0.05, 0.1) is 11.8 Å². The Kier molecular flexibility index (Phi) is 3.12. The van der Waals surface area contributed by atoms with Crippen molar-refractivity contribution >= 4 is 11.6 Å². The number of carbonyl (C=O) groups is 1. The number of aryl methyl sites for hydroxylation is 2. The smallest absolute Gasteiger partial charge is 0.335 e. The molecule has 0 spiro atoms. The molecule has 2 aromatic heterocycles. The molecule has 100 valence electrons. The molecule has 0 fully saturated rings. The minimum Gasteiger partial charge on any atom is -0.478 e. The minimum atomic E-state index is -0.907. The van der Waals surface area contributed by atoms with Gasteiger partial charge < -0.3 is 5.11 Å². The third kappa shape index (κ3) is 2.35. The van der Waals surface area contributed by atoms with E-state index in [2.05, 4.69) is 15.3 Å². The van der Waals surface area contributed by atoms with Gasteiger partial charge in [0.2, 0.25) is 0 Å². The highest BCUT2D eigenvalue weighted by atomic mass is 16.4. The summed E-state index contributed by atoms with van der Waals surface area (Å²) in [6.07, 6.45) is 4.94. The fourth-order valence-corrected chi connectivity index (χ4v) is 2.07. The van der Waals surface area contributed by atoms with Crippen LogP contribution in [-0.2, 0) is 12.8 Å². The molecular formula is C14H12N4O2. The number of hydrogen-bond acceptors (Lipinski definition) is 4. The quantitative estimate of drug-likeness (QED) is 0.777. The fourth-order valence-electron chi connectivity index (χ4n) is 2.07. The van der Waals surface area contributed by atoms with Crippen molar-refractivity contribution in [2.45, 2.75) is 12.8 Å². The van der Waals surface area contributed by atoms with Crippen LogP contribution < -0.4 is 0 Å². The first-order valence-electron chi connectivity index (χ1n) is 6.20.